The molecule has 1 aromatic heterocycles. The Bertz CT molecular complexity index is 449. The minimum absolute atomic E-state index is 0.0364. The fraction of sp³-hybridized carbons (Fsp3) is 0.688. The van der Waals surface area contributed by atoms with Crippen molar-refractivity contribution >= 4 is 17.2 Å². The van der Waals surface area contributed by atoms with Crippen molar-refractivity contribution in [3.63, 3.8) is 0 Å². The standard InChI is InChI=1S/C16H25NO2S/c1-3-7-17(8-9-18)16(19)15-11-13-10-12(4-2)5-6-14(13)20-15/h11-12,18H,3-10H2,1-2H3. The molecule has 0 saturated carbocycles. The van der Waals surface area contributed by atoms with Gasteiger partial charge in [0.2, 0.25) is 0 Å². The highest BCUT2D eigenvalue weighted by Crippen LogP contribution is 2.34. The van der Waals surface area contributed by atoms with Crippen LogP contribution in [0.2, 0.25) is 0 Å². The van der Waals surface area contributed by atoms with Gasteiger partial charge in [0, 0.05) is 18.0 Å². The summed E-state index contributed by atoms with van der Waals surface area (Å²) in [5.74, 6) is 0.873. The lowest BCUT2D eigenvalue weighted by atomic mass is 9.87. The van der Waals surface area contributed by atoms with E-state index in [1.807, 2.05) is 0 Å². The number of hydrogen-bond acceptors (Lipinski definition) is 3. The Labute approximate surface area is 125 Å². The zero-order valence-corrected chi connectivity index (χ0v) is 13.3. The van der Waals surface area contributed by atoms with Crippen LogP contribution >= 0.6 is 11.3 Å². The molecular weight excluding hydrogens is 270 g/mol. The fourth-order valence-electron chi connectivity index (χ4n) is 2.91. The Morgan fingerprint density at radius 1 is 1.45 bits per heavy atom. The molecule has 1 amide bonds. The molecule has 1 unspecified atom stereocenters. The molecule has 0 fully saturated rings. The first-order valence-electron chi connectivity index (χ1n) is 7.71. The van der Waals surface area contributed by atoms with Gasteiger partial charge < -0.3 is 10.0 Å². The van der Waals surface area contributed by atoms with Crippen LogP contribution < -0.4 is 0 Å². The van der Waals surface area contributed by atoms with Gasteiger partial charge in [-0.2, -0.15) is 0 Å². The predicted molar refractivity (Wildman–Crippen MR) is 83.4 cm³/mol. The van der Waals surface area contributed by atoms with E-state index < -0.39 is 0 Å². The van der Waals surface area contributed by atoms with Crippen molar-refractivity contribution in [1.82, 2.24) is 4.90 Å². The van der Waals surface area contributed by atoms with E-state index in [9.17, 15) is 4.79 Å². The maximum absolute atomic E-state index is 12.5. The first-order chi connectivity index (χ1) is 9.69. The van der Waals surface area contributed by atoms with Gasteiger partial charge in [-0.25, -0.2) is 0 Å². The van der Waals surface area contributed by atoms with Gasteiger partial charge in [-0.3, -0.25) is 4.79 Å². The summed E-state index contributed by atoms with van der Waals surface area (Å²) in [4.78, 5) is 16.5. The molecule has 1 aliphatic carbocycles. The van der Waals surface area contributed by atoms with E-state index in [-0.39, 0.29) is 12.5 Å². The molecule has 0 spiro atoms. The number of aryl methyl sites for hydroxylation is 1. The molecule has 4 heteroatoms. The second-order valence-electron chi connectivity index (χ2n) is 5.59. The predicted octanol–water partition coefficient (Wildman–Crippen LogP) is 3.11. The van der Waals surface area contributed by atoms with E-state index in [1.165, 1.54) is 23.3 Å². The number of rotatable bonds is 6. The lowest BCUT2D eigenvalue weighted by molar-refractivity contribution is 0.0726. The molecule has 0 bridgehead atoms. The molecule has 1 N–H and O–H groups in total. The third-order valence-corrected chi connectivity index (χ3v) is 5.35. The summed E-state index contributed by atoms with van der Waals surface area (Å²) < 4.78 is 0. The molecule has 2 rings (SSSR count). The van der Waals surface area contributed by atoms with Crippen LogP contribution in [0.4, 0.5) is 0 Å². The van der Waals surface area contributed by atoms with Gasteiger partial charge in [0.25, 0.3) is 5.91 Å². The monoisotopic (exact) mass is 295 g/mol. The Morgan fingerprint density at radius 3 is 2.90 bits per heavy atom. The van der Waals surface area contributed by atoms with Gasteiger partial charge in [0.15, 0.2) is 0 Å². The van der Waals surface area contributed by atoms with Crippen LogP contribution in [-0.4, -0.2) is 35.6 Å². The van der Waals surface area contributed by atoms with E-state index in [4.69, 9.17) is 5.11 Å². The van der Waals surface area contributed by atoms with Crippen molar-refractivity contribution in [2.75, 3.05) is 19.7 Å². The smallest absolute Gasteiger partial charge is 0.264 e. The number of thiophene rings is 1. The van der Waals surface area contributed by atoms with Crippen molar-refractivity contribution in [2.24, 2.45) is 5.92 Å². The number of carbonyl (C=O) groups excluding carboxylic acids is 1. The lowest BCUT2D eigenvalue weighted by Crippen LogP contribution is -2.33. The summed E-state index contributed by atoms with van der Waals surface area (Å²) in [5.41, 5.74) is 1.39. The van der Waals surface area contributed by atoms with Gasteiger partial charge in [-0.05, 0) is 43.2 Å². The molecule has 20 heavy (non-hydrogen) atoms. The maximum atomic E-state index is 12.5. The molecule has 3 nitrogen and oxygen atoms in total. The Hall–Kier alpha value is -0.870. The largest absolute Gasteiger partial charge is 0.395 e. The zero-order chi connectivity index (χ0) is 14.5. The zero-order valence-electron chi connectivity index (χ0n) is 12.5. The van der Waals surface area contributed by atoms with E-state index >= 15 is 0 Å². The average Bonchev–Trinajstić information content (AvgIpc) is 2.89. The summed E-state index contributed by atoms with van der Waals surface area (Å²) in [5, 5.41) is 9.10. The molecule has 0 aromatic carbocycles. The molecule has 0 saturated heterocycles. The normalized spacial score (nSPS) is 17.9. The number of carbonyl (C=O) groups is 1. The molecule has 1 aromatic rings. The van der Waals surface area contributed by atoms with Crippen LogP contribution in [0.5, 0.6) is 0 Å². The quantitative estimate of drug-likeness (QED) is 0.876. The molecule has 1 heterocycles. The first kappa shape index (κ1) is 15.5. The molecule has 0 aliphatic heterocycles. The highest BCUT2D eigenvalue weighted by atomic mass is 32.1. The van der Waals surface area contributed by atoms with Crippen LogP contribution in [0, 0.1) is 5.92 Å². The number of fused-ring (bicyclic) bond motifs is 1. The number of nitrogens with zero attached hydrogens (tertiary/aromatic N) is 1. The van der Waals surface area contributed by atoms with E-state index in [0.717, 1.165) is 36.6 Å². The SMILES string of the molecule is CCCN(CCO)C(=O)c1cc2c(s1)CCC(CC)C2. The van der Waals surface area contributed by atoms with Crippen molar-refractivity contribution < 1.29 is 9.90 Å². The number of hydrogen-bond donors (Lipinski definition) is 1. The van der Waals surface area contributed by atoms with Crippen molar-refractivity contribution in [1.29, 1.82) is 0 Å². The summed E-state index contributed by atoms with van der Waals surface area (Å²) >= 11 is 1.66. The Kier molecular flexibility index (Phi) is 5.61. The topological polar surface area (TPSA) is 40.5 Å². The first-order valence-corrected chi connectivity index (χ1v) is 8.52. The Balaban J connectivity index is 2.13. The van der Waals surface area contributed by atoms with Crippen LogP contribution in [0.3, 0.4) is 0 Å². The van der Waals surface area contributed by atoms with E-state index in [1.54, 1.807) is 16.2 Å². The van der Waals surface area contributed by atoms with Gasteiger partial charge in [-0.15, -0.1) is 11.3 Å². The highest BCUT2D eigenvalue weighted by molar-refractivity contribution is 7.14. The summed E-state index contributed by atoms with van der Waals surface area (Å²) in [6.07, 6.45) is 5.66. The van der Waals surface area contributed by atoms with E-state index in [0.29, 0.717) is 6.54 Å². The summed E-state index contributed by atoms with van der Waals surface area (Å²) in [7, 11) is 0. The van der Waals surface area contributed by atoms with Crippen LogP contribution in [0.15, 0.2) is 6.07 Å². The van der Waals surface area contributed by atoms with Gasteiger partial charge in [0.1, 0.15) is 0 Å². The van der Waals surface area contributed by atoms with Crippen LogP contribution in [0.25, 0.3) is 0 Å². The molecule has 1 aliphatic rings. The third kappa shape index (κ3) is 3.41. The molecule has 1 atom stereocenters. The van der Waals surface area contributed by atoms with Gasteiger partial charge in [-0.1, -0.05) is 20.3 Å². The third-order valence-electron chi connectivity index (χ3n) is 4.12. The minimum atomic E-state index is 0.0364. The highest BCUT2D eigenvalue weighted by Gasteiger charge is 2.24. The lowest BCUT2D eigenvalue weighted by Gasteiger charge is -2.20. The molecule has 112 valence electrons. The second kappa shape index (κ2) is 7.23. The molecule has 0 radical (unpaired) electrons. The second-order valence-corrected chi connectivity index (χ2v) is 6.73. The van der Waals surface area contributed by atoms with E-state index in [2.05, 4.69) is 19.9 Å². The molecular formula is C16H25NO2S. The van der Waals surface area contributed by atoms with Gasteiger partial charge in [0.05, 0.1) is 11.5 Å². The number of aliphatic hydroxyl groups is 1. The summed E-state index contributed by atoms with van der Waals surface area (Å²) in [6.45, 7) is 5.50. The van der Waals surface area contributed by atoms with Gasteiger partial charge >= 0.3 is 0 Å². The Morgan fingerprint density at radius 2 is 2.25 bits per heavy atom. The van der Waals surface area contributed by atoms with Crippen molar-refractivity contribution in [3.05, 3.63) is 21.4 Å². The fourth-order valence-corrected chi connectivity index (χ4v) is 4.09. The van der Waals surface area contributed by atoms with Crippen molar-refractivity contribution in [2.45, 2.75) is 46.0 Å². The van der Waals surface area contributed by atoms with Crippen molar-refractivity contribution in [3.8, 4) is 0 Å². The average molecular weight is 295 g/mol. The number of aliphatic hydroxyl groups excluding tert-OH is 1. The van der Waals surface area contributed by atoms with Crippen LogP contribution in [-0.2, 0) is 12.8 Å². The number of amides is 1. The minimum Gasteiger partial charge on any atom is -0.395 e. The maximum Gasteiger partial charge on any atom is 0.264 e. The van der Waals surface area contributed by atoms with Crippen LogP contribution in [0.1, 0.15) is 53.2 Å². The summed E-state index contributed by atoms with van der Waals surface area (Å²) in [6, 6.07) is 2.10.